The second-order valence-corrected chi connectivity index (χ2v) is 14.4. The minimum absolute atomic E-state index is 0.177. The lowest BCUT2D eigenvalue weighted by atomic mass is 9.93. The number of likely N-dealkylation sites (N-methyl/N-ethyl adjacent to an activating group) is 2. The largest absolute Gasteiger partial charge is 0.337 e. The number of carbonyl (C=O) groups is 1. The monoisotopic (exact) mass is 653 g/mol. The topological polar surface area (TPSA) is 56.1 Å². The lowest BCUT2D eigenvalue weighted by Crippen LogP contribution is -2.62. The average Bonchev–Trinajstić information content (AvgIpc) is 2.98. The number of halogens is 2. The summed E-state index contributed by atoms with van der Waals surface area (Å²) in [4.78, 5) is 23.6. The molecular formula is C37H53Cl2N5O. The Labute approximate surface area is 281 Å². The van der Waals surface area contributed by atoms with Crippen molar-refractivity contribution in [3.8, 4) is 0 Å². The lowest BCUT2D eigenvalue weighted by Gasteiger charge is -2.49. The van der Waals surface area contributed by atoms with Crippen molar-refractivity contribution in [1.29, 1.82) is 0 Å². The molecule has 1 saturated heterocycles. The van der Waals surface area contributed by atoms with Crippen LogP contribution in [0.25, 0.3) is 10.8 Å². The highest BCUT2D eigenvalue weighted by atomic mass is 35.5. The van der Waals surface area contributed by atoms with E-state index >= 15 is 0 Å². The molecular weight excluding hydrogens is 601 g/mol. The first-order chi connectivity index (χ1) is 21.5. The maximum atomic E-state index is 14.1. The molecule has 4 rings (SSSR count). The quantitative estimate of drug-likeness (QED) is 0.204. The minimum Gasteiger partial charge on any atom is -0.337 e. The van der Waals surface area contributed by atoms with Crippen molar-refractivity contribution < 1.29 is 4.79 Å². The molecule has 246 valence electrons. The molecule has 0 unspecified atom stereocenters. The number of nitrogens with zero attached hydrogens (tertiary/aromatic N) is 4. The predicted molar refractivity (Wildman–Crippen MR) is 191 cm³/mol. The molecule has 1 fully saturated rings. The minimum atomic E-state index is 0.177. The first-order valence-corrected chi connectivity index (χ1v) is 17.3. The number of hydrogen-bond donors (Lipinski definition) is 1. The Balaban J connectivity index is 1.56. The van der Waals surface area contributed by atoms with Crippen molar-refractivity contribution in [2.24, 2.45) is 11.7 Å². The number of piperazine rings is 1. The summed E-state index contributed by atoms with van der Waals surface area (Å²) in [6.07, 6.45) is 4.35. The Morgan fingerprint density at radius 3 is 2.40 bits per heavy atom. The number of fused-ring (bicyclic) bond motifs is 1. The van der Waals surface area contributed by atoms with E-state index in [2.05, 4.69) is 103 Å². The second-order valence-electron chi connectivity index (χ2n) is 13.6. The van der Waals surface area contributed by atoms with Crippen molar-refractivity contribution in [3.05, 3.63) is 81.8 Å². The molecule has 1 heterocycles. The highest BCUT2D eigenvalue weighted by Crippen LogP contribution is 2.28. The summed E-state index contributed by atoms with van der Waals surface area (Å²) in [6.45, 7) is 9.64. The van der Waals surface area contributed by atoms with Gasteiger partial charge < -0.3 is 20.4 Å². The van der Waals surface area contributed by atoms with Gasteiger partial charge in [-0.2, -0.15) is 0 Å². The van der Waals surface area contributed by atoms with Crippen LogP contribution in [-0.4, -0.2) is 104 Å². The number of rotatable bonds is 15. The van der Waals surface area contributed by atoms with Crippen molar-refractivity contribution in [2.75, 3.05) is 60.4 Å². The first kappa shape index (κ1) is 35.7. The zero-order valence-corrected chi connectivity index (χ0v) is 29.4. The van der Waals surface area contributed by atoms with Crippen LogP contribution in [0.5, 0.6) is 0 Å². The van der Waals surface area contributed by atoms with Gasteiger partial charge in [-0.1, -0.05) is 85.6 Å². The zero-order chi connectivity index (χ0) is 32.5. The van der Waals surface area contributed by atoms with Gasteiger partial charge in [-0.05, 0) is 93.3 Å². The fourth-order valence-corrected chi connectivity index (χ4v) is 7.22. The highest BCUT2D eigenvalue weighted by Gasteiger charge is 2.37. The summed E-state index contributed by atoms with van der Waals surface area (Å²) in [5, 5.41) is 3.76. The van der Waals surface area contributed by atoms with E-state index in [1.165, 1.54) is 10.8 Å². The van der Waals surface area contributed by atoms with Gasteiger partial charge in [0, 0.05) is 60.9 Å². The van der Waals surface area contributed by atoms with E-state index < -0.39 is 0 Å². The summed E-state index contributed by atoms with van der Waals surface area (Å²) in [5.41, 5.74) is 8.01. The van der Waals surface area contributed by atoms with Gasteiger partial charge in [-0.3, -0.25) is 9.69 Å². The third-order valence-corrected chi connectivity index (χ3v) is 9.86. The van der Waals surface area contributed by atoms with Crippen LogP contribution in [0.15, 0.2) is 60.7 Å². The zero-order valence-electron chi connectivity index (χ0n) is 27.9. The van der Waals surface area contributed by atoms with E-state index in [0.717, 1.165) is 74.6 Å². The van der Waals surface area contributed by atoms with Crippen LogP contribution < -0.4 is 5.73 Å². The van der Waals surface area contributed by atoms with E-state index in [-0.39, 0.29) is 24.0 Å². The van der Waals surface area contributed by atoms with E-state index in [1.807, 2.05) is 12.1 Å². The standard InChI is InChI=1S/C37H53Cl2N5O/c1-27(2)19-35-25-43(24-34(41(3)4)22-31-14-15-32(38)23-36(31)39)33(11-8-17-42(5)18-16-40)26-44(35)37(45)21-28-12-13-29-9-6-7-10-30(29)20-28/h6-7,9-10,12-15,20,23,27,33-35H,8,11,16-19,21-22,24-26,40H2,1-5H3/t33-,34+,35+/m0/s1. The number of nitrogens with two attached hydrogens (primary N) is 1. The van der Waals surface area contributed by atoms with Gasteiger partial charge >= 0.3 is 0 Å². The molecule has 3 aromatic rings. The van der Waals surface area contributed by atoms with Crippen LogP contribution in [-0.2, 0) is 17.6 Å². The van der Waals surface area contributed by atoms with Crippen molar-refractivity contribution in [2.45, 2.75) is 64.1 Å². The lowest BCUT2D eigenvalue weighted by molar-refractivity contribution is -0.138. The molecule has 0 saturated carbocycles. The van der Waals surface area contributed by atoms with E-state index in [0.29, 0.717) is 23.9 Å². The van der Waals surface area contributed by atoms with Gasteiger partial charge in [-0.25, -0.2) is 0 Å². The molecule has 0 aromatic heterocycles. The Morgan fingerprint density at radius 2 is 1.71 bits per heavy atom. The van der Waals surface area contributed by atoms with Gasteiger partial charge in [0.15, 0.2) is 0 Å². The number of benzene rings is 3. The molecule has 0 aliphatic carbocycles. The second kappa shape index (κ2) is 17.1. The van der Waals surface area contributed by atoms with E-state index in [1.54, 1.807) is 0 Å². The molecule has 2 N–H and O–H groups in total. The summed E-state index contributed by atoms with van der Waals surface area (Å²) < 4.78 is 0. The fourth-order valence-electron chi connectivity index (χ4n) is 6.73. The smallest absolute Gasteiger partial charge is 0.227 e. The van der Waals surface area contributed by atoms with E-state index in [9.17, 15) is 4.79 Å². The molecule has 1 amide bonds. The molecule has 3 aromatic carbocycles. The highest BCUT2D eigenvalue weighted by molar-refractivity contribution is 6.35. The van der Waals surface area contributed by atoms with Crippen molar-refractivity contribution in [3.63, 3.8) is 0 Å². The van der Waals surface area contributed by atoms with Gasteiger partial charge in [-0.15, -0.1) is 0 Å². The van der Waals surface area contributed by atoms with Gasteiger partial charge in [0.2, 0.25) is 5.91 Å². The first-order valence-electron chi connectivity index (χ1n) is 16.5. The normalized spacial score (nSPS) is 18.4. The molecule has 6 nitrogen and oxygen atoms in total. The molecule has 1 aliphatic heterocycles. The summed E-state index contributed by atoms with van der Waals surface area (Å²) in [7, 11) is 6.45. The molecule has 0 spiro atoms. The predicted octanol–water partition coefficient (Wildman–Crippen LogP) is 6.46. The number of amides is 1. The molecule has 0 bridgehead atoms. The Bertz CT molecular complexity index is 1380. The van der Waals surface area contributed by atoms with Gasteiger partial charge in [0.05, 0.1) is 6.42 Å². The van der Waals surface area contributed by atoms with Gasteiger partial charge in [0.25, 0.3) is 0 Å². The average molecular weight is 655 g/mol. The summed E-state index contributed by atoms with van der Waals surface area (Å²) >= 11 is 12.8. The summed E-state index contributed by atoms with van der Waals surface area (Å²) in [5.74, 6) is 0.727. The Morgan fingerprint density at radius 1 is 0.956 bits per heavy atom. The molecule has 45 heavy (non-hydrogen) atoms. The van der Waals surface area contributed by atoms with Crippen molar-refractivity contribution in [1.82, 2.24) is 19.6 Å². The SMILES string of the molecule is CC(C)C[C@@H]1CN(C[C@@H](Cc2ccc(Cl)cc2Cl)N(C)C)[C@@H](CCCN(C)CCN)CN1C(=O)Cc1ccc2ccccc2c1. The third kappa shape index (κ3) is 10.4. The Kier molecular flexibility index (Phi) is 13.6. The molecule has 1 aliphatic rings. The number of hydrogen-bond acceptors (Lipinski definition) is 5. The summed E-state index contributed by atoms with van der Waals surface area (Å²) in [6, 6.07) is 21.3. The van der Waals surface area contributed by atoms with Crippen LogP contribution in [0.4, 0.5) is 0 Å². The third-order valence-electron chi connectivity index (χ3n) is 9.28. The van der Waals surface area contributed by atoms with Crippen LogP contribution >= 0.6 is 23.2 Å². The van der Waals surface area contributed by atoms with Crippen LogP contribution in [0.3, 0.4) is 0 Å². The maximum Gasteiger partial charge on any atom is 0.227 e. The maximum absolute atomic E-state index is 14.1. The Hall–Kier alpha value is -2.19. The van der Waals surface area contributed by atoms with Crippen LogP contribution in [0, 0.1) is 5.92 Å². The number of carbonyl (C=O) groups excluding carboxylic acids is 1. The van der Waals surface area contributed by atoms with E-state index in [4.69, 9.17) is 28.9 Å². The van der Waals surface area contributed by atoms with Crippen LogP contribution in [0.2, 0.25) is 10.0 Å². The van der Waals surface area contributed by atoms with Gasteiger partial charge in [0.1, 0.15) is 0 Å². The van der Waals surface area contributed by atoms with Crippen LogP contribution in [0.1, 0.15) is 44.2 Å². The van der Waals surface area contributed by atoms with Crippen molar-refractivity contribution >= 4 is 39.9 Å². The fraction of sp³-hybridized carbons (Fsp3) is 0.541. The molecule has 8 heteroatoms. The molecule has 0 radical (unpaired) electrons. The molecule has 3 atom stereocenters.